The molecule has 0 saturated heterocycles. The number of nitrogens with one attached hydrogen (secondary N) is 1. The number of anilines is 1. The molecule has 0 radical (unpaired) electrons. The lowest BCUT2D eigenvalue weighted by Gasteiger charge is -2.07. The maximum atomic E-state index is 11.8. The lowest BCUT2D eigenvalue weighted by molar-refractivity contribution is 0.0696. The van der Waals surface area contributed by atoms with Gasteiger partial charge in [0.2, 0.25) is 5.76 Å². The average molecular weight is 262 g/mol. The molecule has 7 heteroatoms. The molecule has 1 heterocycles. The summed E-state index contributed by atoms with van der Waals surface area (Å²) in [6, 6.07) is 3.57. The minimum absolute atomic E-state index is 0.000119. The van der Waals surface area contributed by atoms with Crippen LogP contribution in [0.25, 0.3) is 0 Å². The van der Waals surface area contributed by atoms with Crippen LogP contribution < -0.4 is 5.32 Å². The van der Waals surface area contributed by atoms with Gasteiger partial charge in [0.05, 0.1) is 16.9 Å². The van der Waals surface area contributed by atoms with Gasteiger partial charge in [0.25, 0.3) is 5.91 Å². The Balaban J connectivity index is 2.28. The van der Waals surface area contributed by atoms with Crippen molar-refractivity contribution in [3.63, 3.8) is 0 Å². The van der Waals surface area contributed by atoms with E-state index in [1.54, 1.807) is 6.92 Å². The van der Waals surface area contributed by atoms with Crippen molar-refractivity contribution in [1.29, 1.82) is 0 Å². The van der Waals surface area contributed by atoms with Crippen LogP contribution in [0.5, 0.6) is 5.75 Å². The van der Waals surface area contributed by atoms with E-state index in [0.29, 0.717) is 5.69 Å². The van der Waals surface area contributed by atoms with Crippen LogP contribution in [-0.4, -0.2) is 27.1 Å². The molecular formula is C12H10N2O5. The van der Waals surface area contributed by atoms with Gasteiger partial charge in [-0.05, 0) is 25.1 Å². The number of phenolic OH excluding ortho intramolecular Hbond substituents is 1. The predicted molar refractivity (Wildman–Crippen MR) is 64.3 cm³/mol. The van der Waals surface area contributed by atoms with Gasteiger partial charge in [0, 0.05) is 0 Å². The summed E-state index contributed by atoms with van der Waals surface area (Å²) in [6.45, 7) is 1.59. The molecule has 0 fully saturated rings. The average Bonchev–Trinajstić information content (AvgIpc) is 2.78. The van der Waals surface area contributed by atoms with Gasteiger partial charge in [-0.25, -0.2) is 9.78 Å². The standard InChI is InChI=1S/C12H10N2O5/c1-6-10(19-5-13-6)11(16)14-8-4-7(12(17)18)2-3-9(8)15/h2-5,15H,1H3,(H,14,16)(H,17,18). The van der Waals surface area contributed by atoms with Crippen LogP contribution in [0.4, 0.5) is 5.69 Å². The van der Waals surface area contributed by atoms with Crippen LogP contribution >= 0.6 is 0 Å². The lowest BCUT2D eigenvalue weighted by Crippen LogP contribution is -2.13. The summed E-state index contributed by atoms with van der Waals surface area (Å²) in [5.74, 6) is -2.02. The number of aryl methyl sites for hydroxylation is 1. The van der Waals surface area contributed by atoms with Gasteiger partial charge < -0.3 is 19.9 Å². The summed E-state index contributed by atoms with van der Waals surface area (Å²) < 4.78 is 4.89. The Hall–Kier alpha value is -2.83. The van der Waals surface area contributed by atoms with Crippen LogP contribution in [0.15, 0.2) is 29.0 Å². The molecule has 3 N–H and O–H groups in total. The summed E-state index contributed by atoms with van der Waals surface area (Å²) >= 11 is 0. The van der Waals surface area contributed by atoms with E-state index < -0.39 is 11.9 Å². The molecule has 2 aromatic rings. The third-order valence-corrected chi connectivity index (χ3v) is 2.44. The summed E-state index contributed by atoms with van der Waals surface area (Å²) in [7, 11) is 0. The number of nitrogens with zero attached hydrogens (tertiary/aromatic N) is 1. The maximum absolute atomic E-state index is 11.8. The molecule has 1 aromatic carbocycles. The van der Waals surface area contributed by atoms with Gasteiger partial charge in [-0.2, -0.15) is 0 Å². The van der Waals surface area contributed by atoms with Crippen LogP contribution in [0.1, 0.15) is 26.6 Å². The minimum atomic E-state index is -1.16. The quantitative estimate of drug-likeness (QED) is 0.725. The zero-order chi connectivity index (χ0) is 14.0. The number of aromatic nitrogens is 1. The van der Waals surface area contributed by atoms with Crippen LogP contribution in [0, 0.1) is 6.92 Å². The first-order valence-corrected chi connectivity index (χ1v) is 5.27. The highest BCUT2D eigenvalue weighted by Crippen LogP contribution is 2.25. The molecule has 0 saturated carbocycles. The molecular weight excluding hydrogens is 252 g/mol. The van der Waals surface area contributed by atoms with Gasteiger partial charge in [-0.1, -0.05) is 0 Å². The fraction of sp³-hybridized carbons (Fsp3) is 0.0833. The number of carbonyl (C=O) groups excluding carboxylic acids is 1. The van der Waals surface area contributed by atoms with Crippen molar-refractivity contribution in [1.82, 2.24) is 4.98 Å². The molecule has 1 aromatic heterocycles. The van der Waals surface area contributed by atoms with Gasteiger partial charge in [0.15, 0.2) is 6.39 Å². The zero-order valence-electron chi connectivity index (χ0n) is 9.88. The van der Waals surface area contributed by atoms with Crippen molar-refractivity contribution in [2.24, 2.45) is 0 Å². The van der Waals surface area contributed by atoms with Crippen molar-refractivity contribution in [2.45, 2.75) is 6.92 Å². The van der Waals surface area contributed by atoms with Crippen molar-refractivity contribution in [3.8, 4) is 5.75 Å². The Labute approximate surface area is 107 Å². The summed E-state index contributed by atoms with van der Waals surface area (Å²) in [6.07, 6.45) is 1.12. The van der Waals surface area contributed by atoms with E-state index in [0.717, 1.165) is 12.5 Å². The number of hydrogen-bond acceptors (Lipinski definition) is 5. The molecule has 0 unspecified atom stereocenters. The first-order valence-electron chi connectivity index (χ1n) is 5.27. The summed E-state index contributed by atoms with van der Waals surface area (Å²) in [5, 5.41) is 20.8. The van der Waals surface area contributed by atoms with Crippen LogP contribution in [0.2, 0.25) is 0 Å². The minimum Gasteiger partial charge on any atom is -0.506 e. The zero-order valence-corrected chi connectivity index (χ0v) is 9.88. The molecule has 1 amide bonds. The van der Waals surface area contributed by atoms with E-state index in [2.05, 4.69) is 10.3 Å². The van der Waals surface area contributed by atoms with Gasteiger partial charge >= 0.3 is 5.97 Å². The number of phenols is 1. The van der Waals surface area contributed by atoms with Gasteiger partial charge in [-0.15, -0.1) is 0 Å². The highest BCUT2D eigenvalue weighted by atomic mass is 16.4. The third-order valence-electron chi connectivity index (χ3n) is 2.44. The number of carboxylic acids is 1. The van der Waals surface area contributed by atoms with E-state index in [-0.39, 0.29) is 22.8 Å². The number of carboxylic acid groups (broad SMARTS) is 1. The lowest BCUT2D eigenvalue weighted by atomic mass is 10.2. The van der Waals surface area contributed by atoms with Crippen molar-refractivity contribution in [2.75, 3.05) is 5.32 Å². The molecule has 0 spiro atoms. The highest BCUT2D eigenvalue weighted by molar-refractivity contribution is 6.04. The largest absolute Gasteiger partial charge is 0.506 e. The second-order valence-electron chi connectivity index (χ2n) is 3.76. The summed E-state index contributed by atoms with van der Waals surface area (Å²) in [5.41, 5.74) is 0.328. The fourth-order valence-electron chi connectivity index (χ4n) is 1.47. The maximum Gasteiger partial charge on any atom is 0.335 e. The Morgan fingerprint density at radius 3 is 2.68 bits per heavy atom. The fourth-order valence-corrected chi connectivity index (χ4v) is 1.47. The van der Waals surface area contributed by atoms with Gasteiger partial charge in [0.1, 0.15) is 5.75 Å². The number of benzene rings is 1. The molecule has 0 aliphatic carbocycles. The van der Waals surface area contributed by atoms with Crippen molar-refractivity contribution in [3.05, 3.63) is 41.6 Å². The Morgan fingerprint density at radius 1 is 1.37 bits per heavy atom. The second-order valence-corrected chi connectivity index (χ2v) is 3.76. The third kappa shape index (κ3) is 2.54. The highest BCUT2D eigenvalue weighted by Gasteiger charge is 2.16. The van der Waals surface area contributed by atoms with Crippen LogP contribution in [-0.2, 0) is 0 Å². The monoisotopic (exact) mass is 262 g/mol. The van der Waals surface area contributed by atoms with Crippen LogP contribution in [0.3, 0.4) is 0 Å². The Bertz CT molecular complexity index is 647. The van der Waals surface area contributed by atoms with E-state index >= 15 is 0 Å². The molecule has 7 nitrogen and oxygen atoms in total. The topological polar surface area (TPSA) is 113 Å². The predicted octanol–water partition coefficient (Wildman–Crippen LogP) is 1.64. The number of aromatic hydroxyl groups is 1. The smallest absolute Gasteiger partial charge is 0.335 e. The van der Waals surface area contributed by atoms with Gasteiger partial charge in [-0.3, -0.25) is 4.79 Å². The number of carbonyl (C=O) groups is 2. The molecule has 19 heavy (non-hydrogen) atoms. The molecule has 2 rings (SSSR count). The SMILES string of the molecule is Cc1ncoc1C(=O)Nc1cc(C(=O)O)ccc1O. The molecule has 0 aliphatic rings. The van der Waals surface area contributed by atoms with E-state index in [1.807, 2.05) is 0 Å². The normalized spacial score (nSPS) is 10.2. The first kappa shape index (κ1) is 12.6. The van der Waals surface area contributed by atoms with Crippen molar-refractivity contribution < 1.29 is 24.2 Å². The number of aromatic carboxylic acids is 1. The Morgan fingerprint density at radius 2 is 2.11 bits per heavy atom. The van der Waals surface area contributed by atoms with Crippen molar-refractivity contribution >= 4 is 17.6 Å². The second kappa shape index (κ2) is 4.81. The number of oxazole rings is 1. The molecule has 98 valence electrons. The Kier molecular flexibility index (Phi) is 3.19. The van der Waals surface area contributed by atoms with E-state index in [1.165, 1.54) is 12.1 Å². The number of rotatable bonds is 3. The number of hydrogen-bond donors (Lipinski definition) is 3. The molecule has 0 atom stereocenters. The van der Waals surface area contributed by atoms with E-state index in [9.17, 15) is 14.7 Å². The summed E-state index contributed by atoms with van der Waals surface area (Å²) in [4.78, 5) is 26.4. The number of amides is 1. The molecule has 0 aliphatic heterocycles. The first-order chi connectivity index (χ1) is 8.99. The van der Waals surface area contributed by atoms with E-state index in [4.69, 9.17) is 9.52 Å². The molecule has 0 bridgehead atoms.